The lowest BCUT2D eigenvalue weighted by Gasteiger charge is -2.31. The molecule has 2 aliphatic rings. The number of nitrogens with zero attached hydrogens (tertiary/aromatic N) is 4. The molecule has 1 saturated heterocycles. The van der Waals surface area contributed by atoms with E-state index in [1.54, 1.807) is 24.3 Å². The number of rotatable bonds is 5. The van der Waals surface area contributed by atoms with Gasteiger partial charge in [0.1, 0.15) is 17.3 Å². The van der Waals surface area contributed by atoms with Crippen molar-refractivity contribution in [2.45, 2.75) is 44.3 Å². The molecule has 2 aromatic carbocycles. The highest BCUT2D eigenvalue weighted by Gasteiger charge is 2.59. The van der Waals surface area contributed by atoms with Crippen LogP contribution in [0.25, 0.3) is 15.7 Å². The van der Waals surface area contributed by atoms with Crippen LogP contribution in [-0.2, 0) is 24.6 Å². The van der Waals surface area contributed by atoms with E-state index in [1.165, 1.54) is 11.9 Å². The molecule has 2 aliphatic heterocycles. The van der Waals surface area contributed by atoms with E-state index in [1.807, 2.05) is 50.2 Å². The third-order valence-electron chi connectivity index (χ3n) is 7.69. The number of amides is 4. The summed E-state index contributed by atoms with van der Waals surface area (Å²) in [6, 6.07) is 17.1. The monoisotopic (exact) mass is 538 g/mol. The molecular formula is C30H30N6O4. The molecular weight excluding hydrogens is 508 g/mol. The number of hydrogen-bond acceptors (Lipinski definition) is 5. The molecule has 204 valence electrons. The van der Waals surface area contributed by atoms with E-state index in [0.717, 1.165) is 15.8 Å². The molecule has 4 amide bonds. The first kappa shape index (κ1) is 26.8. The fraction of sp³-hybridized carbons (Fsp3) is 0.333. The van der Waals surface area contributed by atoms with Gasteiger partial charge in [0.05, 0.1) is 11.9 Å². The van der Waals surface area contributed by atoms with Crippen molar-refractivity contribution in [3.8, 4) is 0 Å². The molecule has 0 saturated carbocycles. The van der Waals surface area contributed by atoms with Crippen molar-refractivity contribution in [2.24, 2.45) is 5.92 Å². The Labute approximate surface area is 232 Å². The summed E-state index contributed by atoms with van der Waals surface area (Å²) >= 11 is 0. The van der Waals surface area contributed by atoms with Gasteiger partial charge in [-0.05, 0) is 42.2 Å². The van der Waals surface area contributed by atoms with E-state index in [2.05, 4.69) is 20.5 Å². The minimum Gasteiger partial charge on any atom is -0.325 e. The van der Waals surface area contributed by atoms with Gasteiger partial charge >= 0.3 is 18.0 Å². The normalized spacial score (nSPS) is 20.2. The van der Waals surface area contributed by atoms with E-state index in [9.17, 15) is 19.2 Å². The highest BCUT2D eigenvalue weighted by molar-refractivity contribution is 6.39. The average molecular weight is 539 g/mol. The Hall–Kier alpha value is -4.78. The van der Waals surface area contributed by atoms with Crippen molar-refractivity contribution in [2.75, 3.05) is 24.2 Å². The summed E-state index contributed by atoms with van der Waals surface area (Å²) < 4.78 is 0. The largest absolute Gasteiger partial charge is 0.325 e. The zero-order valence-electron chi connectivity index (χ0n) is 22.5. The van der Waals surface area contributed by atoms with Gasteiger partial charge in [0.2, 0.25) is 5.91 Å². The second kappa shape index (κ2) is 10.4. The van der Waals surface area contributed by atoms with E-state index >= 15 is 0 Å². The average Bonchev–Trinajstić information content (AvgIpc) is 3.48. The van der Waals surface area contributed by atoms with E-state index < -0.39 is 35.3 Å². The predicted molar refractivity (Wildman–Crippen MR) is 150 cm³/mol. The summed E-state index contributed by atoms with van der Waals surface area (Å²) in [6.45, 7) is 11.6. The van der Waals surface area contributed by atoms with Crippen molar-refractivity contribution in [1.29, 1.82) is 0 Å². The summed E-state index contributed by atoms with van der Waals surface area (Å²) in [5, 5.41) is 6.31. The molecule has 3 atom stereocenters. The molecule has 2 N–H and O–H groups in total. The molecule has 3 heterocycles. The zero-order chi connectivity index (χ0) is 28.6. The Morgan fingerprint density at radius 2 is 1.88 bits per heavy atom. The maximum atomic E-state index is 14.0. The van der Waals surface area contributed by atoms with Crippen LogP contribution in [0.1, 0.15) is 32.3 Å². The molecule has 5 rings (SSSR count). The van der Waals surface area contributed by atoms with Crippen LogP contribution < -0.4 is 10.6 Å². The molecule has 1 aromatic heterocycles. The second-order valence-corrected chi connectivity index (χ2v) is 10.8. The third-order valence-corrected chi connectivity index (χ3v) is 7.69. The number of benzene rings is 2. The van der Waals surface area contributed by atoms with Gasteiger partial charge < -0.3 is 15.5 Å². The highest BCUT2D eigenvalue weighted by atomic mass is 16.2. The van der Waals surface area contributed by atoms with Crippen LogP contribution in [0.5, 0.6) is 0 Å². The molecule has 1 spiro atoms. The number of likely N-dealkylation sites (tertiary alicyclic amines) is 1. The van der Waals surface area contributed by atoms with Crippen LogP contribution >= 0.6 is 0 Å². The highest BCUT2D eigenvalue weighted by Crippen LogP contribution is 2.47. The SMILES string of the molecule is [C-]#[N+][C@@H]1C[C@@]2(CN1C(=O)[C@H](CC(C)C)N(C)C(=O)C(=O)Nc1ccc3ccccc3n1)C(=O)Nc1ccccc12. The number of carbonyl (C=O) groups is 4. The van der Waals surface area contributed by atoms with Crippen LogP contribution in [0.2, 0.25) is 0 Å². The quantitative estimate of drug-likeness (QED) is 0.382. The Kier molecular flexibility index (Phi) is 6.98. The molecule has 3 aromatic rings. The van der Waals surface area contributed by atoms with Crippen molar-refractivity contribution in [1.82, 2.24) is 14.8 Å². The van der Waals surface area contributed by atoms with Gasteiger partial charge in [-0.15, -0.1) is 0 Å². The van der Waals surface area contributed by atoms with E-state index in [4.69, 9.17) is 6.57 Å². The number of fused-ring (bicyclic) bond motifs is 3. The number of likely N-dealkylation sites (N-methyl/N-ethyl adjacent to an activating group) is 1. The van der Waals surface area contributed by atoms with E-state index in [-0.39, 0.29) is 37.0 Å². The number of anilines is 2. The number of pyridine rings is 1. The summed E-state index contributed by atoms with van der Waals surface area (Å²) in [4.78, 5) is 64.0. The van der Waals surface area contributed by atoms with Gasteiger partial charge in [0.25, 0.3) is 5.91 Å². The van der Waals surface area contributed by atoms with Gasteiger partial charge in [0.15, 0.2) is 0 Å². The lowest BCUT2D eigenvalue weighted by atomic mass is 9.80. The van der Waals surface area contributed by atoms with Crippen LogP contribution in [0, 0.1) is 12.5 Å². The molecule has 0 bridgehead atoms. The Balaban J connectivity index is 1.37. The number of nitrogens with one attached hydrogen (secondary N) is 2. The maximum Gasteiger partial charge on any atom is 0.315 e. The van der Waals surface area contributed by atoms with Crippen LogP contribution in [0.4, 0.5) is 11.5 Å². The van der Waals surface area contributed by atoms with Crippen LogP contribution in [0.15, 0.2) is 60.7 Å². The summed E-state index contributed by atoms with van der Waals surface area (Å²) in [5.41, 5.74) is 1.07. The van der Waals surface area contributed by atoms with Crippen LogP contribution in [-0.4, -0.2) is 64.2 Å². The van der Waals surface area contributed by atoms with Gasteiger partial charge in [0, 0.05) is 24.7 Å². The van der Waals surface area contributed by atoms with Crippen molar-refractivity contribution >= 4 is 46.0 Å². The predicted octanol–water partition coefficient (Wildman–Crippen LogP) is 3.41. The molecule has 0 aliphatic carbocycles. The second-order valence-electron chi connectivity index (χ2n) is 10.8. The van der Waals surface area contributed by atoms with Crippen molar-refractivity contribution in [3.05, 3.63) is 77.6 Å². The number of aromatic nitrogens is 1. The van der Waals surface area contributed by atoms with Gasteiger partial charge in [-0.1, -0.05) is 50.2 Å². The minimum atomic E-state index is -1.04. The fourth-order valence-electron chi connectivity index (χ4n) is 5.63. The van der Waals surface area contributed by atoms with E-state index in [0.29, 0.717) is 11.2 Å². The fourth-order valence-corrected chi connectivity index (χ4v) is 5.63. The van der Waals surface area contributed by atoms with Crippen molar-refractivity contribution in [3.63, 3.8) is 0 Å². The van der Waals surface area contributed by atoms with Gasteiger partial charge in [-0.3, -0.25) is 28.9 Å². The Morgan fingerprint density at radius 1 is 1.15 bits per heavy atom. The number of hydrogen-bond donors (Lipinski definition) is 2. The standard InChI is InChI=1S/C30H30N6O4/c1-18(2)15-23(35(4)28(39)26(37)34-24-14-13-19-9-5-7-11-21(19)32-24)27(38)36-17-30(16-25(36)31-3)20-10-6-8-12-22(20)33-29(30)40/h5-14,18,23,25H,15-17H2,1-2,4H3,(H,33,40)(H,32,34,37)/t23-,25-,30-/m0/s1. The lowest BCUT2D eigenvalue weighted by molar-refractivity contribution is -0.149. The zero-order valence-corrected chi connectivity index (χ0v) is 22.5. The smallest absolute Gasteiger partial charge is 0.315 e. The first-order valence-electron chi connectivity index (χ1n) is 13.2. The summed E-state index contributed by atoms with van der Waals surface area (Å²) in [6.07, 6.45) is -0.441. The molecule has 40 heavy (non-hydrogen) atoms. The molecule has 10 heteroatoms. The molecule has 0 unspecified atom stereocenters. The van der Waals surface area contributed by atoms with Gasteiger partial charge in [-0.25, -0.2) is 11.6 Å². The van der Waals surface area contributed by atoms with Crippen molar-refractivity contribution < 1.29 is 19.2 Å². The molecule has 10 nitrogen and oxygen atoms in total. The summed E-state index contributed by atoms with van der Waals surface area (Å²) in [5.74, 6) is -2.30. The first-order chi connectivity index (χ1) is 19.1. The summed E-state index contributed by atoms with van der Waals surface area (Å²) in [7, 11) is 1.41. The minimum absolute atomic E-state index is 0.00729. The molecule has 1 fully saturated rings. The lowest BCUT2D eigenvalue weighted by Crippen LogP contribution is -2.53. The number of para-hydroxylation sites is 2. The maximum absolute atomic E-state index is 14.0. The Morgan fingerprint density at radius 3 is 2.62 bits per heavy atom. The molecule has 0 radical (unpaired) electrons. The third kappa shape index (κ3) is 4.64. The topological polar surface area (TPSA) is 116 Å². The number of carbonyl (C=O) groups excluding carboxylic acids is 4. The van der Waals surface area contributed by atoms with Crippen LogP contribution in [0.3, 0.4) is 0 Å². The first-order valence-corrected chi connectivity index (χ1v) is 13.2. The Bertz CT molecular complexity index is 1560. The van der Waals surface area contributed by atoms with Gasteiger partial charge in [-0.2, -0.15) is 0 Å².